The highest BCUT2D eigenvalue weighted by atomic mass is 79.9. The van der Waals surface area contributed by atoms with Gasteiger partial charge >= 0.3 is 6.18 Å². The van der Waals surface area contributed by atoms with Crippen LogP contribution in [0.1, 0.15) is 22.0 Å². The molecule has 2 N–H and O–H groups in total. The summed E-state index contributed by atoms with van der Waals surface area (Å²) in [5, 5.41) is 1.81. The molecule has 108 valence electrons. The summed E-state index contributed by atoms with van der Waals surface area (Å²) in [6.45, 7) is 0. The van der Waals surface area contributed by atoms with Crippen LogP contribution in [0.4, 0.5) is 17.6 Å². The van der Waals surface area contributed by atoms with Gasteiger partial charge in [-0.05, 0) is 51.1 Å². The normalized spacial score (nSPS) is 13.5. The Labute approximate surface area is 125 Å². The molecule has 0 fully saturated rings. The second kappa shape index (κ2) is 5.83. The van der Waals surface area contributed by atoms with E-state index < -0.39 is 23.6 Å². The number of nitrogens with two attached hydrogens (primary N) is 1. The van der Waals surface area contributed by atoms with Crippen LogP contribution in [0.3, 0.4) is 0 Å². The van der Waals surface area contributed by atoms with Crippen molar-refractivity contribution in [3.05, 3.63) is 55.9 Å². The van der Waals surface area contributed by atoms with Gasteiger partial charge in [0, 0.05) is 21.8 Å². The molecule has 0 radical (unpaired) electrons. The van der Waals surface area contributed by atoms with Gasteiger partial charge in [0.05, 0.1) is 5.56 Å². The lowest BCUT2D eigenvalue weighted by Crippen LogP contribution is -2.19. The molecule has 2 rings (SSSR count). The minimum Gasteiger partial charge on any atom is -0.324 e. The fourth-order valence-electron chi connectivity index (χ4n) is 1.88. The average molecular weight is 368 g/mol. The van der Waals surface area contributed by atoms with Crippen molar-refractivity contribution in [1.82, 2.24) is 0 Å². The van der Waals surface area contributed by atoms with E-state index in [1.54, 1.807) is 6.07 Å². The quantitative estimate of drug-likeness (QED) is 0.766. The molecule has 1 heterocycles. The Balaban J connectivity index is 2.36. The van der Waals surface area contributed by atoms with E-state index >= 15 is 0 Å². The Morgan fingerprint density at radius 3 is 2.50 bits per heavy atom. The van der Waals surface area contributed by atoms with E-state index in [4.69, 9.17) is 5.73 Å². The Hall–Kier alpha value is -0.920. The van der Waals surface area contributed by atoms with Crippen LogP contribution in [0, 0.1) is 5.82 Å². The molecule has 1 aromatic heterocycles. The van der Waals surface area contributed by atoms with Gasteiger partial charge in [0.2, 0.25) is 0 Å². The largest absolute Gasteiger partial charge is 0.416 e. The van der Waals surface area contributed by atoms with Crippen LogP contribution in [0.15, 0.2) is 34.1 Å². The van der Waals surface area contributed by atoms with Crippen molar-refractivity contribution in [2.24, 2.45) is 5.73 Å². The van der Waals surface area contributed by atoms with Crippen LogP contribution in [0.25, 0.3) is 0 Å². The number of rotatable bonds is 3. The van der Waals surface area contributed by atoms with Crippen LogP contribution in [0.5, 0.6) is 0 Å². The first-order valence-corrected chi connectivity index (χ1v) is 7.30. The molecule has 1 atom stereocenters. The summed E-state index contributed by atoms with van der Waals surface area (Å²) in [5.41, 5.74) is 4.73. The fraction of sp³-hybridized carbons (Fsp3) is 0.231. The minimum atomic E-state index is -4.55. The van der Waals surface area contributed by atoms with E-state index in [9.17, 15) is 17.6 Å². The maximum atomic E-state index is 13.2. The smallest absolute Gasteiger partial charge is 0.324 e. The van der Waals surface area contributed by atoms with Crippen molar-refractivity contribution in [3.63, 3.8) is 0 Å². The summed E-state index contributed by atoms with van der Waals surface area (Å²) in [5.74, 6) is -0.728. The Morgan fingerprint density at radius 1 is 1.25 bits per heavy atom. The van der Waals surface area contributed by atoms with Gasteiger partial charge in [-0.3, -0.25) is 0 Å². The second-order valence-corrected chi connectivity index (χ2v) is 6.09. The second-order valence-electron chi connectivity index (χ2n) is 4.23. The summed E-state index contributed by atoms with van der Waals surface area (Å²) in [7, 11) is 0. The lowest BCUT2D eigenvalue weighted by Gasteiger charge is -2.18. The molecule has 1 aromatic carbocycles. The van der Waals surface area contributed by atoms with Crippen LogP contribution < -0.4 is 5.73 Å². The number of thiophene rings is 1. The van der Waals surface area contributed by atoms with Gasteiger partial charge in [0.25, 0.3) is 0 Å². The molecular weight excluding hydrogens is 358 g/mol. The first-order chi connectivity index (χ1) is 9.29. The Bertz CT molecular complexity index is 609. The van der Waals surface area contributed by atoms with Gasteiger partial charge in [-0.2, -0.15) is 13.2 Å². The Kier molecular flexibility index (Phi) is 4.51. The zero-order valence-electron chi connectivity index (χ0n) is 10.0. The maximum Gasteiger partial charge on any atom is 0.416 e. The van der Waals surface area contributed by atoms with Crippen molar-refractivity contribution in [1.29, 1.82) is 0 Å². The predicted molar refractivity (Wildman–Crippen MR) is 74.1 cm³/mol. The van der Waals surface area contributed by atoms with Gasteiger partial charge in [-0.1, -0.05) is 0 Å². The van der Waals surface area contributed by atoms with Crippen molar-refractivity contribution in [3.8, 4) is 0 Å². The van der Waals surface area contributed by atoms with Gasteiger partial charge < -0.3 is 5.73 Å². The molecular formula is C13H10BrF4NS. The first kappa shape index (κ1) is 15.5. The summed E-state index contributed by atoms with van der Waals surface area (Å²) >= 11 is 4.69. The molecule has 0 saturated carbocycles. The number of halogens is 5. The topological polar surface area (TPSA) is 26.0 Å². The molecule has 0 aliphatic heterocycles. The van der Waals surface area contributed by atoms with Crippen molar-refractivity contribution in [2.75, 3.05) is 0 Å². The van der Waals surface area contributed by atoms with Crippen LogP contribution >= 0.6 is 27.3 Å². The number of hydrogen-bond donors (Lipinski definition) is 1. The lowest BCUT2D eigenvalue weighted by molar-refractivity contribution is -0.138. The predicted octanol–water partition coefficient (Wildman–Crippen LogP) is 4.91. The molecule has 0 amide bonds. The lowest BCUT2D eigenvalue weighted by atomic mass is 9.97. The van der Waals surface area contributed by atoms with Gasteiger partial charge in [0.1, 0.15) is 5.82 Å². The first-order valence-electron chi connectivity index (χ1n) is 5.63. The van der Waals surface area contributed by atoms with E-state index in [2.05, 4.69) is 15.9 Å². The number of benzene rings is 1. The van der Waals surface area contributed by atoms with Gasteiger partial charge in [0.15, 0.2) is 0 Å². The van der Waals surface area contributed by atoms with Crippen molar-refractivity contribution >= 4 is 27.3 Å². The highest BCUT2D eigenvalue weighted by Crippen LogP contribution is 2.36. The van der Waals surface area contributed by atoms with Crippen molar-refractivity contribution in [2.45, 2.75) is 18.6 Å². The molecule has 1 unspecified atom stereocenters. The summed E-state index contributed by atoms with van der Waals surface area (Å²) in [4.78, 5) is 0.829. The third kappa shape index (κ3) is 3.39. The zero-order valence-corrected chi connectivity index (χ0v) is 12.4. The summed E-state index contributed by atoms with van der Waals surface area (Å²) < 4.78 is 52.8. The molecule has 20 heavy (non-hydrogen) atoms. The fourth-order valence-corrected chi connectivity index (χ4v) is 3.45. The van der Waals surface area contributed by atoms with E-state index in [0.717, 1.165) is 27.5 Å². The van der Waals surface area contributed by atoms with E-state index in [-0.39, 0.29) is 12.0 Å². The van der Waals surface area contributed by atoms with Crippen LogP contribution in [-0.4, -0.2) is 0 Å². The SMILES string of the molecule is NC(Cc1sccc1Br)c1cc(F)ccc1C(F)(F)F. The van der Waals surface area contributed by atoms with Crippen LogP contribution in [0.2, 0.25) is 0 Å². The van der Waals surface area contributed by atoms with Gasteiger partial charge in [-0.15, -0.1) is 11.3 Å². The molecule has 0 aliphatic rings. The molecule has 0 bridgehead atoms. The molecule has 0 aliphatic carbocycles. The minimum absolute atomic E-state index is 0.213. The maximum absolute atomic E-state index is 13.2. The highest BCUT2D eigenvalue weighted by molar-refractivity contribution is 9.10. The molecule has 0 saturated heterocycles. The molecule has 1 nitrogen and oxygen atoms in total. The Morgan fingerprint density at radius 2 is 1.95 bits per heavy atom. The molecule has 7 heteroatoms. The van der Waals surface area contributed by atoms with Crippen LogP contribution in [-0.2, 0) is 12.6 Å². The van der Waals surface area contributed by atoms with Gasteiger partial charge in [-0.25, -0.2) is 4.39 Å². The highest BCUT2D eigenvalue weighted by Gasteiger charge is 2.35. The monoisotopic (exact) mass is 367 g/mol. The van der Waals surface area contributed by atoms with E-state index in [1.807, 2.05) is 5.38 Å². The van der Waals surface area contributed by atoms with Crippen molar-refractivity contribution < 1.29 is 17.6 Å². The average Bonchev–Trinajstić information content (AvgIpc) is 2.73. The molecule has 0 spiro atoms. The number of alkyl halides is 3. The summed E-state index contributed by atoms with van der Waals surface area (Å²) in [6.07, 6.45) is -4.34. The number of hydrogen-bond acceptors (Lipinski definition) is 2. The summed E-state index contributed by atoms with van der Waals surface area (Å²) in [6, 6.07) is 3.25. The molecule has 2 aromatic rings. The standard InChI is InChI=1S/C13H10BrF4NS/c14-10-3-4-20-12(10)6-11(19)8-5-7(15)1-2-9(8)13(16,17)18/h1-5,11H,6,19H2. The zero-order chi connectivity index (χ0) is 14.9. The van der Waals surface area contributed by atoms with E-state index in [1.165, 1.54) is 11.3 Å². The van der Waals surface area contributed by atoms with E-state index in [0.29, 0.717) is 0 Å². The third-order valence-electron chi connectivity index (χ3n) is 2.81. The third-order valence-corrected chi connectivity index (χ3v) is 4.76.